The number of hydrogen-bond donors (Lipinski definition) is 2. The molecule has 8 nitrogen and oxygen atoms in total. The molecule has 1 atom stereocenters. The van der Waals surface area contributed by atoms with E-state index in [4.69, 9.17) is 15.2 Å². The van der Waals surface area contributed by atoms with Gasteiger partial charge in [-0.05, 0) is 48.9 Å². The molecule has 0 saturated heterocycles. The van der Waals surface area contributed by atoms with Crippen molar-refractivity contribution >= 4 is 28.4 Å². The molecular formula is C29H25N5O3. The Labute approximate surface area is 213 Å². The molecule has 3 aromatic carbocycles. The van der Waals surface area contributed by atoms with Crippen molar-refractivity contribution in [1.29, 1.82) is 0 Å². The van der Waals surface area contributed by atoms with Crippen LogP contribution in [0, 0.1) is 0 Å². The number of nitrogen functional groups attached to an aromatic ring is 1. The Bertz CT molecular complexity index is 1600. The third-order valence-electron chi connectivity index (χ3n) is 6.44. The summed E-state index contributed by atoms with van der Waals surface area (Å²) in [7, 11) is 0. The molecule has 184 valence electrons. The lowest BCUT2D eigenvalue weighted by molar-refractivity contribution is -0.115. The largest absolute Gasteiger partial charge is 0.457 e. The number of fused-ring (bicyclic) bond motifs is 3. The average Bonchev–Trinajstić information content (AvgIpc) is 3.44. The quantitative estimate of drug-likeness (QED) is 0.322. The van der Waals surface area contributed by atoms with Gasteiger partial charge in [-0.25, -0.2) is 9.97 Å². The van der Waals surface area contributed by atoms with Gasteiger partial charge in [0.05, 0.1) is 24.8 Å². The van der Waals surface area contributed by atoms with Crippen molar-refractivity contribution in [2.45, 2.75) is 26.1 Å². The Hall–Kier alpha value is -4.69. The van der Waals surface area contributed by atoms with E-state index in [9.17, 15) is 4.79 Å². The van der Waals surface area contributed by atoms with Crippen molar-refractivity contribution < 1.29 is 14.3 Å². The molecule has 1 amide bonds. The first kappa shape index (κ1) is 22.8. The van der Waals surface area contributed by atoms with E-state index in [1.165, 1.54) is 6.33 Å². The van der Waals surface area contributed by atoms with Gasteiger partial charge in [-0.1, -0.05) is 36.4 Å². The lowest BCUT2D eigenvalue weighted by Crippen LogP contribution is -2.14. The van der Waals surface area contributed by atoms with Gasteiger partial charge in [-0.2, -0.15) is 0 Å². The van der Waals surface area contributed by atoms with Crippen molar-refractivity contribution in [3.05, 3.63) is 102 Å². The summed E-state index contributed by atoms with van der Waals surface area (Å²) in [5.41, 5.74) is 12.5. The molecule has 0 radical (unpaired) electrons. The third-order valence-corrected chi connectivity index (χ3v) is 6.44. The molecule has 5 aromatic rings. The highest BCUT2D eigenvalue weighted by Gasteiger charge is 2.30. The molecule has 0 saturated carbocycles. The number of hydrogen-bond acceptors (Lipinski definition) is 6. The van der Waals surface area contributed by atoms with Gasteiger partial charge in [0.25, 0.3) is 0 Å². The summed E-state index contributed by atoms with van der Waals surface area (Å²) in [6, 6.07) is 24.7. The van der Waals surface area contributed by atoms with Crippen LogP contribution in [0.5, 0.6) is 11.5 Å². The van der Waals surface area contributed by atoms with Gasteiger partial charge in [0, 0.05) is 23.0 Å². The first-order valence-corrected chi connectivity index (χ1v) is 12.0. The summed E-state index contributed by atoms with van der Waals surface area (Å²) >= 11 is 0. The topological polar surface area (TPSA) is 104 Å². The number of benzene rings is 3. The highest BCUT2D eigenvalue weighted by Crippen LogP contribution is 2.40. The monoisotopic (exact) mass is 491 g/mol. The number of amides is 1. The van der Waals surface area contributed by atoms with Crippen molar-refractivity contribution in [2.75, 3.05) is 11.1 Å². The molecule has 3 heterocycles. The number of aromatic nitrogens is 3. The van der Waals surface area contributed by atoms with E-state index in [-0.39, 0.29) is 12.0 Å². The Balaban J connectivity index is 1.21. The van der Waals surface area contributed by atoms with E-state index in [2.05, 4.69) is 19.9 Å². The van der Waals surface area contributed by atoms with Gasteiger partial charge in [-0.3, -0.25) is 4.79 Å². The van der Waals surface area contributed by atoms with Gasteiger partial charge in [0.1, 0.15) is 28.9 Å². The normalized spacial score (nSPS) is 14.5. The van der Waals surface area contributed by atoms with Crippen LogP contribution in [0.3, 0.4) is 0 Å². The standard InChI is InChI=1S/C29H25N5O3/c1-18-26-24(16-36-18)34(28-27(26)31-17-32-29(28)30)21-10-12-22(13-11-21)37-23-9-5-8-20(15-23)33-25(35)14-19-6-3-2-4-7-19/h2-13,15,17-18H,14,16H2,1H3,(H,33,35)(H2,30,31,32). The molecule has 2 aromatic heterocycles. The van der Waals surface area contributed by atoms with Crippen LogP contribution < -0.4 is 15.8 Å². The maximum Gasteiger partial charge on any atom is 0.228 e. The van der Waals surface area contributed by atoms with Crippen LogP contribution >= 0.6 is 0 Å². The molecule has 37 heavy (non-hydrogen) atoms. The number of nitrogens with zero attached hydrogens (tertiary/aromatic N) is 3. The Kier molecular flexibility index (Phi) is 5.78. The molecule has 1 aliphatic heterocycles. The van der Waals surface area contributed by atoms with Crippen molar-refractivity contribution in [3.8, 4) is 17.2 Å². The lowest BCUT2D eigenvalue weighted by atomic mass is 10.1. The second kappa shape index (κ2) is 9.40. The molecule has 0 aliphatic carbocycles. The molecule has 1 unspecified atom stereocenters. The van der Waals surface area contributed by atoms with E-state index in [0.717, 1.165) is 33.5 Å². The van der Waals surface area contributed by atoms with Gasteiger partial charge >= 0.3 is 0 Å². The van der Waals surface area contributed by atoms with E-state index >= 15 is 0 Å². The van der Waals surface area contributed by atoms with E-state index in [1.54, 1.807) is 6.07 Å². The maximum atomic E-state index is 12.4. The lowest BCUT2D eigenvalue weighted by Gasteiger charge is -2.12. The maximum absolute atomic E-state index is 12.4. The van der Waals surface area contributed by atoms with Crippen LogP contribution in [-0.4, -0.2) is 20.4 Å². The zero-order valence-corrected chi connectivity index (χ0v) is 20.2. The van der Waals surface area contributed by atoms with E-state index in [1.807, 2.05) is 79.7 Å². The first-order valence-electron chi connectivity index (χ1n) is 12.0. The van der Waals surface area contributed by atoms with Crippen LogP contribution in [0.2, 0.25) is 0 Å². The predicted octanol–water partition coefficient (Wildman–Crippen LogP) is 5.57. The van der Waals surface area contributed by atoms with Crippen molar-refractivity contribution in [1.82, 2.24) is 14.5 Å². The molecule has 6 rings (SSSR count). The highest BCUT2D eigenvalue weighted by molar-refractivity contribution is 5.93. The summed E-state index contributed by atoms with van der Waals surface area (Å²) in [6.45, 7) is 2.50. The second-order valence-corrected chi connectivity index (χ2v) is 8.94. The third kappa shape index (κ3) is 4.39. The van der Waals surface area contributed by atoms with Crippen LogP contribution in [0.25, 0.3) is 16.7 Å². The SMILES string of the molecule is CC1OCc2c1c1ncnc(N)c1n2-c1ccc(Oc2cccc(NC(=O)Cc3ccccc3)c2)cc1. The average molecular weight is 492 g/mol. The first-order chi connectivity index (χ1) is 18.1. The van der Waals surface area contributed by atoms with Gasteiger partial charge in [-0.15, -0.1) is 0 Å². The zero-order valence-electron chi connectivity index (χ0n) is 20.2. The molecular weight excluding hydrogens is 466 g/mol. The molecule has 0 spiro atoms. The predicted molar refractivity (Wildman–Crippen MR) is 142 cm³/mol. The summed E-state index contributed by atoms with van der Waals surface area (Å²) in [5, 5.41) is 2.94. The molecule has 0 fully saturated rings. The smallest absolute Gasteiger partial charge is 0.228 e. The van der Waals surface area contributed by atoms with E-state index < -0.39 is 0 Å². The van der Waals surface area contributed by atoms with E-state index in [0.29, 0.717) is 36.0 Å². The highest BCUT2D eigenvalue weighted by atomic mass is 16.5. The second-order valence-electron chi connectivity index (χ2n) is 8.94. The summed E-state index contributed by atoms with van der Waals surface area (Å²) in [6.07, 6.45) is 1.74. The Morgan fingerprint density at radius 2 is 1.86 bits per heavy atom. The fourth-order valence-corrected chi connectivity index (χ4v) is 4.77. The van der Waals surface area contributed by atoms with Crippen LogP contribution in [0.4, 0.5) is 11.5 Å². The molecule has 8 heteroatoms. The van der Waals surface area contributed by atoms with Gasteiger partial charge < -0.3 is 25.1 Å². The molecule has 0 bridgehead atoms. The number of carbonyl (C=O) groups excluding carboxylic acids is 1. The van der Waals surface area contributed by atoms with Crippen LogP contribution in [0.1, 0.15) is 29.8 Å². The summed E-state index contributed by atoms with van der Waals surface area (Å²) in [5.74, 6) is 1.63. The van der Waals surface area contributed by atoms with Gasteiger partial charge in [0.15, 0.2) is 5.82 Å². The number of carbonyl (C=O) groups is 1. The Morgan fingerprint density at radius 1 is 1.05 bits per heavy atom. The number of nitrogens with two attached hydrogens (primary N) is 1. The van der Waals surface area contributed by atoms with Crippen LogP contribution in [-0.2, 0) is 22.6 Å². The fourth-order valence-electron chi connectivity index (χ4n) is 4.77. The van der Waals surface area contributed by atoms with Crippen molar-refractivity contribution in [3.63, 3.8) is 0 Å². The number of ether oxygens (including phenoxy) is 2. The van der Waals surface area contributed by atoms with Crippen LogP contribution in [0.15, 0.2) is 85.2 Å². The molecule has 1 aliphatic rings. The Morgan fingerprint density at radius 3 is 2.68 bits per heavy atom. The fraction of sp³-hybridized carbons (Fsp3) is 0.138. The minimum Gasteiger partial charge on any atom is -0.457 e. The number of rotatable bonds is 6. The number of anilines is 2. The zero-order chi connectivity index (χ0) is 25.4. The summed E-state index contributed by atoms with van der Waals surface area (Å²) in [4.78, 5) is 21.1. The molecule has 3 N–H and O–H groups in total. The minimum absolute atomic E-state index is 0.0592. The number of nitrogens with one attached hydrogen (secondary N) is 1. The summed E-state index contributed by atoms with van der Waals surface area (Å²) < 4.78 is 14.0. The van der Waals surface area contributed by atoms with Gasteiger partial charge in [0.2, 0.25) is 5.91 Å². The minimum atomic E-state index is -0.0827. The van der Waals surface area contributed by atoms with Crippen molar-refractivity contribution in [2.24, 2.45) is 0 Å².